The van der Waals surface area contributed by atoms with Crippen LogP contribution in [0.15, 0.2) is 29.7 Å². The maximum absolute atomic E-state index is 9.02. The van der Waals surface area contributed by atoms with Gasteiger partial charge in [-0.1, -0.05) is 11.2 Å². The number of amidine groups is 1. The van der Waals surface area contributed by atoms with E-state index in [2.05, 4.69) is 15.0 Å². The molecule has 4 rings (SSSR count). The maximum Gasteiger partial charge on any atom is 0.192 e. The van der Waals surface area contributed by atoms with Gasteiger partial charge in [0, 0.05) is 13.1 Å². The van der Waals surface area contributed by atoms with Gasteiger partial charge in [0.2, 0.25) is 0 Å². The summed E-state index contributed by atoms with van der Waals surface area (Å²) in [6, 6.07) is 5.78. The minimum Gasteiger partial charge on any atom is -0.496 e. The second kappa shape index (κ2) is 6.10. The standard InChI is InChI=1S/C16H18N6O3/c1-24-11-4-2-3-10-12(11)15(21-5-7-25-8-6-21)19-16-13(14(17)20-23)18-9-22(10)16/h2-4,9,23H,5-8H2,1H3,(H2,17,20). The topological polar surface area (TPSA) is 110 Å². The fourth-order valence-electron chi connectivity index (χ4n) is 3.13. The number of benzene rings is 1. The van der Waals surface area contributed by atoms with Crippen molar-refractivity contribution in [3.8, 4) is 5.75 Å². The van der Waals surface area contributed by atoms with Crippen LogP contribution < -0.4 is 15.4 Å². The molecule has 0 aliphatic carbocycles. The second-order valence-electron chi connectivity index (χ2n) is 5.66. The van der Waals surface area contributed by atoms with Crippen molar-refractivity contribution in [1.29, 1.82) is 0 Å². The number of fused-ring (bicyclic) bond motifs is 3. The summed E-state index contributed by atoms with van der Waals surface area (Å²) in [5.74, 6) is 1.42. The average molecular weight is 342 g/mol. The molecule has 2 aromatic heterocycles. The number of ether oxygens (including phenoxy) is 2. The van der Waals surface area contributed by atoms with E-state index in [9.17, 15) is 0 Å². The van der Waals surface area contributed by atoms with E-state index in [4.69, 9.17) is 25.4 Å². The van der Waals surface area contributed by atoms with E-state index in [0.29, 0.717) is 24.6 Å². The zero-order valence-electron chi connectivity index (χ0n) is 13.7. The van der Waals surface area contributed by atoms with E-state index in [1.165, 1.54) is 0 Å². The van der Waals surface area contributed by atoms with Crippen molar-refractivity contribution < 1.29 is 14.7 Å². The quantitative estimate of drug-likeness (QED) is 0.314. The summed E-state index contributed by atoms with van der Waals surface area (Å²) in [7, 11) is 1.64. The third-order valence-corrected chi connectivity index (χ3v) is 4.32. The molecule has 0 bridgehead atoms. The Labute approximate surface area is 143 Å². The molecule has 1 aromatic carbocycles. The number of hydrogen-bond acceptors (Lipinski definition) is 7. The summed E-state index contributed by atoms with van der Waals surface area (Å²) in [5.41, 5.74) is 7.50. The largest absolute Gasteiger partial charge is 0.496 e. The highest BCUT2D eigenvalue weighted by Gasteiger charge is 2.22. The predicted octanol–water partition coefficient (Wildman–Crippen LogP) is 0.822. The van der Waals surface area contributed by atoms with E-state index in [0.717, 1.165) is 35.6 Å². The summed E-state index contributed by atoms with van der Waals surface area (Å²) in [6.45, 7) is 2.72. The van der Waals surface area contributed by atoms with Crippen LogP contribution in [0.25, 0.3) is 16.6 Å². The molecule has 0 spiro atoms. The number of hydrogen-bond donors (Lipinski definition) is 2. The SMILES string of the molecule is COc1cccc2c1c(N1CCOCC1)nc1c(C(N)=NO)ncn12. The molecule has 3 heterocycles. The predicted molar refractivity (Wildman–Crippen MR) is 92.6 cm³/mol. The fourth-order valence-corrected chi connectivity index (χ4v) is 3.13. The first-order valence-electron chi connectivity index (χ1n) is 7.89. The van der Waals surface area contributed by atoms with Gasteiger partial charge in [-0.2, -0.15) is 0 Å². The van der Waals surface area contributed by atoms with E-state index >= 15 is 0 Å². The lowest BCUT2D eigenvalue weighted by Crippen LogP contribution is -2.37. The molecule has 3 aromatic rings. The van der Waals surface area contributed by atoms with E-state index in [1.807, 2.05) is 22.6 Å². The lowest BCUT2D eigenvalue weighted by molar-refractivity contribution is 0.122. The molecular weight excluding hydrogens is 324 g/mol. The molecule has 1 aliphatic rings. The molecule has 130 valence electrons. The van der Waals surface area contributed by atoms with Gasteiger partial charge in [-0.15, -0.1) is 0 Å². The van der Waals surface area contributed by atoms with Gasteiger partial charge in [0.25, 0.3) is 0 Å². The normalized spacial score (nSPS) is 15.9. The van der Waals surface area contributed by atoms with Crippen molar-refractivity contribution in [3.63, 3.8) is 0 Å². The summed E-state index contributed by atoms with van der Waals surface area (Å²) in [4.78, 5) is 11.2. The molecule has 1 aliphatic heterocycles. The monoisotopic (exact) mass is 342 g/mol. The molecule has 1 fully saturated rings. The first kappa shape index (κ1) is 15.5. The number of anilines is 1. The van der Waals surface area contributed by atoms with Gasteiger partial charge in [0.05, 0.1) is 31.2 Å². The second-order valence-corrected chi connectivity index (χ2v) is 5.66. The Morgan fingerprint density at radius 1 is 1.36 bits per heavy atom. The minimum atomic E-state index is -0.0785. The summed E-state index contributed by atoms with van der Waals surface area (Å²) in [6.07, 6.45) is 1.61. The van der Waals surface area contributed by atoms with Crippen LogP contribution in [0.3, 0.4) is 0 Å². The number of nitrogens with zero attached hydrogens (tertiary/aromatic N) is 5. The van der Waals surface area contributed by atoms with Gasteiger partial charge < -0.3 is 25.3 Å². The van der Waals surface area contributed by atoms with Crippen LogP contribution in [0.5, 0.6) is 5.75 Å². The van der Waals surface area contributed by atoms with Crippen LogP contribution in [-0.2, 0) is 4.74 Å². The third-order valence-electron chi connectivity index (χ3n) is 4.32. The smallest absolute Gasteiger partial charge is 0.192 e. The molecule has 0 saturated carbocycles. The summed E-state index contributed by atoms with van der Waals surface area (Å²) < 4.78 is 12.8. The van der Waals surface area contributed by atoms with Crippen molar-refractivity contribution in [1.82, 2.24) is 14.4 Å². The van der Waals surface area contributed by atoms with Crippen molar-refractivity contribution in [2.24, 2.45) is 10.9 Å². The van der Waals surface area contributed by atoms with E-state index < -0.39 is 0 Å². The lowest BCUT2D eigenvalue weighted by Gasteiger charge is -2.29. The Hall–Kier alpha value is -3.07. The minimum absolute atomic E-state index is 0.0785. The first-order chi connectivity index (χ1) is 12.2. The number of rotatable bonds is 3. The van der Waals surface area contributed by atoms with Crippen molar-refractivity contribution in [2.45, 2.75) is 0 Å². The summed E-state index contributed by atoms with van der Waals surface area (Å²) in [5, 5.41) is 13.0. The highest BCUT2D eigenvalue weighted by Crippen LogP contribution is 2.34. The maximum atomic E-state index is 9.02. The number of imidazole rings is 1. The molecule has 25 heavy (non-hydrogen) atoms. The van der Waals surface area contributed by atoms with Gasteiger partial charge in [0.15, 0.2) is 17.2 Å². The van der Waals surface area contributed by atoms with Gasteiger partial charge >= 0.3 is 0 Å². The number of aromatic nitrogens is 3. The molecule has 0 atom stereocenters. The zero-order valence-corrected chi connectivity index (χ0v) is 13.7. The molecule has 0 radical (unpaired) electrons. The van der Waals surface area contributed by atoms with E-state index in [1.54, 1.807) is 13.4 Å². The van der Waals surface area contributed by atoms with E-state index in [-0.39, 0.29) is 5.84 Å². The first-order valence-corrected chi connectivity index (χ1v) is 7.89. The number of nitrogens with two attached hydrogens (primary N) is 1. The highest BCUT2D eigenvalue weighted by atomic mass is 16.5. The molecule has 1 saturated heterocycles. The molecule has 0 amide bonds. The van der Waals surface area contributed by atoms with Crippen LogP contribution in [0.2, 0.25) is 0 Å². The Kier molecular flexibility index (Phi) is 3.77. The molecule has 0 unspecified atom stereocenters. The van der Waals surface area contributed by atoms with Crippen LogP contribution in [-0.4, -0.2) is 58.8 Å². The lowest BCUT2D eigenvalue weighted by atomic mass is 10.2. The Balaban J connectivity index is 2.07. The van der Waals surface area contributed by atoms with Gasteiger partial charge in [-0.25, -0.2) is 9.97 Å². The molecular formula is C16H18N6O3. The van der Waals surface area contributed by atoms with Crippen LogP contribution in [0, 0.1) is 0 Å². The highest BCUT2D eigenvalue weighted by molar-refractivity contribution is 6.03. The van der Waals surface area contributed by atoms with Crippen LogP contribution in [0.1, 0.15) is 5.69 Å². The fraction of sp³-hybridized carbons (Fsp3) is 0.312. The Morgan fingerprint density at radius 2 is 2.16 bits per heavy atom. The van der Waals surface area contributed by atoms with Crippen molar-refractivity contribution >= 4 is 28.2 Å². The molecule has 9 nitrogen and oxygen atoms in total. The Morgan fingerprint density at radius 3 is 2.88 bits per heavy atom. The van der Waals surface area contributed by atoms with Crippen molar-refractivity contribution in [2.75, 3.05) is 38.3 Å². The molecule has 9 heteroatoms. The number of methoxy groups -OCH3 is 1. The summed E-state index contributed by atoms with van der Waals surface area (Å²) >= 11 is 0. The Bertz CT molecular complexity index is 961. The third kappa shape index (κ3) is 2.40. The number of oxime groups is 1. The van der Waals surface area contributed by atoms with Crippen molar-refractivity contribution in [3.05, 3.63) is 30.2 Å². The van der Waals surface area contributed by atoms with Crippen LogP contribution >= 0.6 is 0 Å². The average Bonchev–Trinajstić information content (AvgIpc) is 3.11. The van der Waals surface area contributed by atoms with Gasteiger partial charge in [-0.05, 0) is 12.1 Å². The van der Waals surface area contributed by atoms with Gasteiger partial charge in [-0.3, -0.25) is 4.40 Å². The van der Waals surface area contributed by atoms with Crippen LogP contribution in [0.4, 0.5) is 5.82 Å². The van der Waals surface area contributed by atoms with Gasteiger partial charge in [0.1, 0.15) is 17.9 Å². The zero-order chi connectivity index (χ0) is 17.4. The molecule has 3 N–H and O–H groups in total. The number of morpholine rings is 1.